The topological polar surface area (TPSA) is 20.3 Å². The van der Waals surface area contributed by atoms with Gasteiger partial charge in [-0.2, -0.15) is 13.2 Å². The smallest absolute Gasteiger partial charge is 0.327 e. The molecule has 0 aromatic heterocycles. The number of hydrogen-bond donors (Lipinski definition) is 0. The largest absolute Gasteiger partial charge is 0.446 e. The van der Waals surface area contributed by atoms with E-state index in [4.69, 9.17) is 0 Å². The first-order valence-corrected chi connectivity index (χ1v) is 10.4. The molecule has 0 radical (unpaired) electrons. The van der Waals surface area contributed by atoms with Gasteiger partial charge in [0.2, 0.25) is 0 Å². The second kappa shape index (κ2) is 8.19. The summed E-state index contributed by atoms with van der Waals surface area (Å²) in [6.45, 7) is 2.56. The molecule has 1 aliphatic rings. The van der Waals surface area contributed by atoms with E-state index in [0.717, 1.165) is 23.1 Å². The van der Waals surface area contributed by atoms with Crippen molar-refractivity contribution in [3.05, 3.63) is 101 Å². The molecule has 1 heterocycles. The fourth-order valence-electron chi connectivity index (χ4n) is 3.86. The highest BCUT2D eigenvalue weighted by Crippen LogP contribution is 2.38. The molecule has 0 spiro atoms. The first kappa shape index (κ1) is 20.5. The molecule has 0 aliphatic carbocycles. The van der Waals surface area contributed by atoms with Crippen LogP contribution in [0.4, 0.5) is 13.2 Å². The number of benzene rings is 3. The maximum Gasteiger partial charge on any atom is 0.446 e. The number of carbonyl (C=O) groups is 1. The van der Waals surface area contributed by atoms with Crippen LogP contribution in [0.3, 0.4) is 0 Å². The highest BCUT2D eigenvalue weighted by atomic mass is 32.2. The highest BCUT2D eigenvalue weighted by Gasteiger charge is 2.33. The Bertz CT molecular complexity index is 1050. The normalized spacial score (nSPS) is 16.3. The Balaban J connectivity index is 1.68. The Morgan fingerprint density at radius 2 is 1.63 bits per heavy atom. The third kappa shape index (κ3) is 4.38. The van der Waals surface area contributed by atoms with Gasteiger partial charge in [-0.15, -0.1) is 0 Å². The number of carbonyl (C=O) groups excluding carboxylic acids is 1. The third-order valence-electron chi connectivity index (χ3n) is 5.27. The second-order valence-corrected chi connectivity index (χ2v) is 8.47. The number of amides is 1. The zero-order valence-corrected chi connectivity index (χ0v) is 17.1. The lowest BCUT2D eigenvalue weighted by Crippen LogP contribution is -2.40. The van der Waals surface area contributed by atoms with E-state index in [-0.39, 0.29) is 28.6 Å². The lowest BCUT2D eigenvalue weighted by Gasteiger charge is -2.38. The van der Waals surface area contributed by atoms with Gasteiger partial charge in [0.25, 0.3) is 5.91 Å². The van der Waals surface area contributed by atoms with Crippen molar-refractivity contribution < 1.29 is 18.0 Å². The van der Waals surface area contributed by atoms with E-state index in [0.29, 0.717) is 12.1 Å². The van der Waals surface area contributed by atoms with Crippen LogP contribution in [0, 0.1) is 6.92 Å². The number of fused-ring (bicyclic) bond motifs is 1. The van der Waals surface area contributed by atoms with Crippen molar-refractivity contribution in [2.24, 2.45) is 0 Å². The van der Waals surface area contributed by atoms with E-state index in [1.54, 1.807) is 0 Å². The van der Waals surface area contributed by atoms with Crippen molar-refractivity contribution in [3.63, 3.8) is 0 Å². The number of hydrogen-bond acceptors (Lipinski definition) is 2. The Kier molecular flexibility index (Phi) is 5.60. The van der Waals surface area contributed by atoms with Gasteiger partial charge in [-0.3, -0.25) is 4.79 Å². The summed E-state index contributed by atoms with van der Waals surface area (Å²) in [5, 5.41) is 0. The zero-order valence-electron chi connectivity index (χ0n) is 16.3. The lowest BCUT2D eigenvalue weighted by atomic mass is 9.87. The summed E-state index contributed by atoms with van der Waals surface area (Å²) in [4.78, 5) is 15.2. The number of nitrogens with zero attached hydrogens (tertiary/aromatic N) is 1. The molecule has 0 saturated heterocycles. The van der Waals surface area contributed by atoms with Gasteiger partial charge in [0.05, 0.1) is 6.04 Å². The van der Waals surface area contributed by atoms with Crippen LogP contribution in [0.1, 0.15) is 38.7 Å². The number of aryl methyl sites for hydroxylation is 1. The van der Waals surface area contributed by atoms with Crippen LogP contribution in [-0.4, -0.2) is 22.9 Å². The van der Waals surface area contributed by atoms with Gasteiger partial charge in [-0.25, -0.2) is 0 Å². The minimum absolute atomic E-state index is 0.0677. The number of rotatable bonds is 3. The Hall–Kier alpha value is -2.73. The van der Waals surface area contributed by atoms with Crippen molar-refractivity contribution in [1.29, 1.82) is 0 Å². The predicted octanol–water partition coefficient (Wildman–Crippen LogP) is 6.39. The Labute approximate surface area is 177 Å². The predicted molar refractivity (Wildman–Crippen MR) is 113 cm³/mol. The van der Waals surface area contributed by atoms with Crippen LogP contribution < -0.4 is 0 Å². The molecular formula is C24H20F3NOS. The molecule has 3 aromatic rings. The molecule has 3 aromatic carbocycles. The average molecular weight is 427 g/mol. The van der Waals surface area contributed by atoms with Gasteiger partial charge >= 0.3 is 5.51 Å². The Morgan fingerprint density at radius 3 is 2.30 bits per heavy atom. The fraction of sp³-hybridized carbons (Fsp3) is 0.208. The molecule has 1 aliphatic heterocycles. The van der Waals surface area contributed by atoms with Crippen molar-refractivity contribution >= 4 is 17.7 Å². The lowest BCUT2D eigenvalue weighted by molar-refractivity contribution is -0.0328. The maximum absolute atomic E-state index is 13.4. The third-order valence-corrected chi connectivity index (χ3v) is 6.01. The minimum atomic E-state index is -4.35. The summed E-state index contributed by atoms with van der Waals surface area (Å²) in [5.41, 5.74) is 0.495. The van der Waals surface area contributed by atoms with Crippen molar-refractivity contribution in [1.82, 2.24) is 4.90 Å². The minimum Gasteiger partial charge on any atom is -0.327 e. The molecule has 1 atom stereocenters. The molecule has 1 amide bonds. The molecule has 30 heavy (non-hydrogen) atoms. The van der Waals surface area contributed by atoms with E-state index in [2.05, 4.69) is 6.07 Å². The van der Waals surface area contributed by atoms with Crippen LogP contribution in [0.2, 0.25) is 0 Å². The fourth-order valence-corrected chi connectivity index (χ4v) is 4.40. The van der Waals surface area contributed by atoms with Crippen LogP contribution in [0.25, 0.3) is 0 Å². The monoisotopic (exact) mass is 427 g/mol. The molecular weight excluding hydrogens is 407 g/mol. The first-order valence-electron chi connectivity index (χ1n) is 9.63. The van der Waals surface area contributed by atoms with Crippen molar-refractivity contribution in [3.8, 4) is 0 Å². The van der Waals surface area contributed by atoms with E-state index in [9.17, 15) is 18.0 Å². The van der Waals surface area contributed by atoms with E-state index < -0.39 is 5.51 Å². The van der Waals surface area contributed by atoms with Gasteiger partial charge in [0.15, 0.2) is 0 Å². The quantitative estimate of drug-likeness (QED) is 0.451. The molecule has 0 saturated carbocycles. The second-order valence-electron chi connectivity index (χ2n) is 7.33. The van der Waals surface area contributed by atoms with E-state index in [1.807, 2.05) is 54.3 Å². The maximum atomic E-state index is 13.4. The molecule has 2 nitrogen and oxygen atoms in total. The molecule has 154 valence electrons. The van der Waals surface area contributed by atoms with Gasteiger partial charge in [-0.05, 0) is 66.1 Å². The SMILES string of the molecule is Cc1ccc([C@H]2c3ccccc3CCN2C(=O)c2ccc(SC(F)(F)F)cc2)cc1. The number of thioether (sulfide) groups is 1. The summed E-state index contributed by atoms with van der Waals surface area (Å²) >= 11 is -0.179. The molecule has 0 fully saturated rings. The standard InChI is InChI=1S/C24H20F3NOS/c1-16-6-8-18(9-7-16)22-21-5-3-2-4-17(21)14-15-28(22)23(29)19-10-12-20(13-11-19)30-24(25,26)27/h2-13,22H,14-15H2,1H3/t22-/m0/s1. The Morgan fingerprint density at radius 1 is 0.967 bits per heavy atom. The summed E-state index contributed by atoms with van der Waals surface area (Å²) in [6, 6.07) is 21.6. The van der Waals surface area contributed by atoms with Gasteiger partial charge in [-0.1, -0.05) is 54.1 Å². The summed E-state index contributed by atoms with van der Waals surface area (Å²) in [6.07, 6.45) is 0.742. The first-order chi connectivity index (χ1) is 14.3. The molecule has 0 bridgehead atoms. The average Bonchev–Trinajstić information content (AvgIpc) is 2.72. The summed E-state index contributed by atoms with van der Waals surface area (Å²) in [7, 11) is 0. The molecule has 0 N–H and O–H groups in total. The van der Waals surface area contributed by atoms with Crippen molar-refractivity contribution in [2.45, 2.75) is 29.8 Å². The highest BCUT2D eigenvalue weighted by molar-refractivity contribution is 8.00. The van der Waals surface area contributed by atoms with Gasteiger partial charge in [0.1, 0.15) is 0 Å². The van der Waals surface area contributed by atoms with Crippen molar-refractivity contribution in [2.75, 3.05) is 6.54 Å². The zero-order chi connectivity index (χ0) is 21.3. The molecule has 4 rings (SSSR count). The van der Waals surface area contributed by atoms with Crippen LogP contribution in [0.15, 0.2) is 77.7 Å². The van der Waals surface area contributed by atoms with Crippen LogP contribution >= 0.6 is 11.8 Å². The number of alkyl halides is 3. The van der Waals surface area contributed by atoms with E-state index in [1.165, 1.54) is 29.8 Å². The number of halogens is 3. The van der Waals surface area contributed by atoms with Crippen LogP contribution in [-0.2, 0) is 6.42 Å². The molecule has 6 heteroatoms. The van der Waals surface area contributed by atoms with Gasteiger partial charge < -0.3 is 4.90 Å². The summed E-state index contributed by atoms with van der Waals surface area (Å²) < 4.78 is 37.8. The molecule has 0 unspecified atom stereocenters. The van der Waals surface area contributed by atoms with E-state index >= 15 is 0 Å². The summed E-state index contributed by atoms with van der Waals surface area (Å²) in [5.74, 6) is -0.182. The van der Waals surface area contributed by atoms with Crippen LogP contribution in [0.5, 0.6) is 0 Å². The van der Waals surface area contributed by atoms with Gasteiger partial charge in [0, 0.05) is 17.0 Å².